The van der Waals surface area contributed by atoms with Gasteiger partial charge in [-0.2, -0.15) is 0 Å². The smallest absolute Gasteiger partial charge is 0.129 e. The lowest BCUT2D eigenvalue weighted by Crippen LogP contribution is -2.30. The van der Waals surface area contributed by atoms with Gasteiger partial charge in [-0.15, -0.1) is 0 Å². The summed E-state index contributed by atoms with van der Waals surface area (Å²) in [6.45, 7) is 10.1. The van der Waals surface area contributed by atoms with E-state index in [0.29, 0.717) is 17.5 Å². The highest BCUT2D eigenvalue weighted by Gasteiger charge is 2.18. The largest absolute Gasteiger partial charge is 0.316 e. The summed E-state index contributed by atoms with van der Waals surface area (Å²) in [5.41, 5.74) is 1.24. The number of nitrogens with one attached hydrogen (secondary N) is 1. The molecule has 0 unspecified atom stereocenters. The second-order valence-electron chi connectivity index (χ2n) is 6.03. The fourth-order valence-corrected chi connectivity index (χ4v) is 2.07. The lowest BCUT2D eigenvalue weighted by atomic mass is 9.86. The standard InChI is InChI=1S/C16H25F2N/c1-5-8-19-11-16(3,4)7-6-13-9-12(2)14(17)10-15(13)18/h9-10,19H,5-8,11H2,1-4H3. The Labute approximate surface area is 115 Å². The number of halogens is 2. The molecule has 1 aromatic carbocycles. The van der Waals surface area contributed by atoms with Crippen LogP contribution in [0.2, 0.25) is 0 Å². The van der Waals surface area contributed by atoms with Gasteiger partial charge in [-0.3, -0.25) is 0 Å². The van der Waals surface area contributed by atoms with E-state index in [-0.39, 0.29) is 5.41 Å². The molecule has 0 heterocycles. The van der Waals surface area contributed by atoms with Gasteiger partial charge in [0.15, 0.2) is 0 Å². The molecule has 0 atom stereocenters. The lowest BCUT2D eigenvalue weighted by molar-refractivity contribution is 0.313. The van der Waals surface area contributed by atoms with Crippen molar-refractivity contribution in [1.29, 1.82) is 0 Å². The highest BCUT2D eigenvalue weighted by atomic mass is 19.1. The van der Waals surface area contributed by atoms with E-state index >= 15 is 0 Å². The number of hydrogen-bond donors (Lipinski definition) is 1. The molecule has 0 amide bonds. The Hall–Kier alpha value is -0.960. The van der Waals surface area contributed by atoms with Gasteiger partial charge < -0.3 is 5.32 Å². The Balaban J connectivity index is 2.58. The first-order valence-electron chi connectivity index (χ1n) is 7.01. The molecule has 1 rings (SSSR count). The molecule has 0 aliphatic heterocycles. The van der Waals surface area contributed by atoms with Gasteiger partial charge in [-0.05, 0) is 49.3 Å². The van der Waals surface area contributed by atoms with E-state index in [9.17, 15) is 8.78 Å². The van der Waals surface area contributed by atoms with Crippen molar-refractivity contribution in [3.63, 3.8) is 0 Å². The monoisotopic (exact) mass is 269 g/mol. The van der Waals surface area contributed by atoms with E-state index < -0.39 is 11.6 Å². The molecule has 0 fully saturated rings. The molecule has 0 radical (unpaired) electrons. The summed E-state index contributed by atoms with van der Waals surface area (Å²) in [4.78, 5) is 0. The fourth-order valence-electron chi connectivity index (χ4n) is 2.07. The predicted octanol–water partition coefficient (Wildman–Crippen LogP) is 4.23. The van der Waals surface area contributed by atoms with Crippen LogP contribution in [-0.4, -0.2) is 13.1 Å². The van der Waals surface area contributed by atoms with Crippen molar-refractivity contribution in [2.24, 2.45) is 5.41 Å². The van der Waals surface area contributed by atoms with E-state index in [1.165, 1.54) is 0 Å². The molecule has 1 N–H and O–H groups in total. The highest BCUT2D eigenvalue weighted by Crippen LogP contribution is 2.24. The zero-order chi connectivity index (χ0) is 14.5. The van der Waals surface area contributed by atoms with E-state index in [1.54, 1.807) is 13.0 Å². The van der Waals surface area contributed by atoms with E-state index in [1.807, 2.05) is 0 Å². The van der Waals surface area contributed by atoms with Crippen LogP contribution in [0.5, 0.6) is 0 Å². The van der Waals surface area contributed by atoms with Crippen LogP contribution in [0.25, 0.3) is 0 Å². The van der Waals surface area contributed by atoms with Crippen LogP contribution in [0, 0.1) is 24.0 Å². The molecule has 0 spiro atoms. The van der Waals surface area contributed by atoms with Crippen LogP contribution in [0.15, 0.2) is 12.1 Å². The second-order valence-corrected chi connectivity index (χ2v) is 6.03. The van der Waals surface area contributed by atoms with Gasteiger partial charge in [0, 0.05) is 12.6 Å². The first-order chi connectivity index (χ1) is 8.85. The first kappa shape index (κ1) is 16.1. The zero-order valence-electron chi connectivity index (χ0n) is 12.4. The normalized spacial score (nSPS) is 11.9. The minimum atomic E-state index is -0.467. The minimum absolute atomic E-state index is 0.115. The van der Waals surface area contributed by atoms with E-state index in [0.717, 1.165) is 32.0 Å². The third-order valence-corrected chi connectivity index (χ3v) is 3.43. The summed E-state index contributed by atoms with van der Waals surface area (Å²) in [5.74, 6) is -0.898. The average Bonchev–Trinajstić information content (AvgIpc) is 2.32. The van der Waals surface area contributed by atoms with Crippen molar-refractivity contribution in [2.45, 2.75) is 47.0 Å². The van der Waals surface area contributed by atoms with Crippen LogP contribution >= 0.6 is 0 Å². The van der Waals surface area contributed by atoms with Gasteiger partial charge >= 0.3 is 0 Å². The lowest BCUT2D eigenvalue weighted by Gasteiger charge is -2.25. The van der Waals surface area contributed by atoms with Crippen LogP contribution in [-0.2, 0) is 6.42 Å². The van der Waals surface area contributed by atoms with E-state index in [2.05, 4.69) is 26.1 Å². The predicted molar refractivity (Wildman–Crippen MR) is 76.4 cm³/mol. The van der Waals surface area contributed by atoms with Crippen molar-refractivity contribution >= 4 is 0 Å². The molecule has 1 nitrogen and oxygen atoms in total. The molecule has 0 aromatic heterocycles. The molecule has 0 saturated carbocycles. The molecule has 0 aliphatic carbocycles. The maximum atomic E-state index is 13.7. The number of aryl methyl sites for hydroxylation is 2. The van der Waals surface area contributed by atoms with Crippen molar-refractivity contribution in [3.05, 3.63) is 34.9 Å². The third kappa shape index (κ3) is 5.27. The first-order valence-corrected chi connectivity index (χ1v) is 7.01. The van der Waals surface area contributed by atoms with Crippen LogP contribution in [0.1, 0.15) is 44.7 Å². The van der Waals surface area contributed by atoms with Gasteiger partial charge in [0.05, 0.1) is 0 Å². The fraction of sp³-hybridized carbons (Fsp3) is 0.625. The summed E-state index contributed by atoms with van der Waals surface area (Å²) in [7, 11) is 0. The van der Waals surface area contributed by atoms with E-state index in [4.69, 9.17) is 0 Å². The Morgan fingerprint density at radius 1 is 1.16 bits per heavy atom. The number of hydrogen-bond acceptors (Lipinski definition) is 1. The molecule has 0 saturated heterocycles. The second kappa shape index (κ2) is 6.99. The molecule has 1 aromatic rings. The Morgan fingerprint density at radius 2 is 1.84 bits per heavy atom. The van der Waals surface area contributed by atoms with Crippen molar-refractivity contribution in [1.82, 2.24) is 5.32 Å². The van der Waals surface area contributed by atoms with Gasteiger partial charge in [0.1, 0.15) is 11.6 Å². The third-order valence-electron chi connectivity index (χ3n) is 3.43. The molecule has 0 bridgehead atoms. The molecule has 3 heteroatoms. The SMILES string of the molecule is CCCNCC(C)(C)CCc1cc(C)c(F)cc1F. The van der Waals surface area contributed by atoms with Gasteiger partial charge in [-0.25, -0.2) is 8.78 Å². The molecular formula is C16H25F2N. The van der Waals surface area contributed by atoms with Crippen molar-refractivity contribution in [3.8, 4) is 0 Å². The van der Waals surface area contributed by atoms with Gasteiger partial charge in [0.2, 0.25) is 0 Å². The van der Waals surface area contributed by atoms with Crippen LogP contribution in [0.3, 0.4) is 0 Å². The van der Waals surface area contributed by atoms with Gasteiger partial charge in [0.25, 0.3) is 0 Å². The Kier molecular flexibility index (Phi) is 5.92. The maximum absolute atomic E-state index is 13.7. The zero-order valence-corrected chi connectivity index (χ0v) is 12.4. The van der Waals surface area contributed by atoms with Crippen LogP contribution in [0.4, 0.5) is 8.78 Å². The number of rotatable bonds is 7. The highest BCUT2D eigenvalue weighted by molar-refractivity contribution is 5.25. The average molecular weight is 269 g/mol. The molecule has 108 valence electrons. The number of benzene rings is 1. The summed E-state index contributed by atoms with van der Waals surface area (Å²) >= 11 is 0. The summed E-state index contributed by atoms with van der Waals surface area (Å²) in [6.07, 6.45) is 2.64. The minimum Gasteiger partial charge on any atom is -0.316 e. The molecular weight excluding hydrogens is 244 g/mol. The summed E-state index contributed by atoms with van der Waals surface area (Å²) in [6, 6.07) is 2.62. The van der Waals surface area contributed by atoms with Crippen LogP contribution < -0.4 is 5.32 Å². The molecule has 0 aliphatic rings. The van der Waals surface area contributed by atoms with Crippen molar-refractivity contribution in [2.75, 3.05) is 13.1 Å². The van der Waals surface area contributed by atoms with Gasteiger partial charge in [-0.1, -0.05) is 26.8 Å². The quantitative estimate of drug-likeness (QED) is 0.730. The summed E-state index contributed by atoms with van der Waals surface area (Å²) < 4.78 is 26.8. The summed E-state index contributed by atoms with van der Waals surface area (Å²) in [5, 5.41) is 3.39. The topological polar surface area (TPSA) is 12.0 Å². The van der Waals surface area contributed by atoms with Crippen molar-refractivity contribution < 1.29 is 8.78 Å². The molecule has 19 heavy (non-hydrogen) atoms. The Morgan fingerprint density at radius 3 is 2.47 bits per heavy atom. The Bertz CT molecular complexity index is 413. The maximum Gasteiger partial charge on any atom is 0.129 e.